The molecule has 3 heteroatoms. The lowest BCUT2D eigenvalue weighted by Gasteiger charge is -2.29. The molecule has 1 unspecified atom stereocenters. The van der Waals surface area contributed by atoms with Gasteiger partial charge in [-0.15, -0.1) is 0 Å². The van der Waals surface area contributed by atoms with Gasteiger partial charge in [-0.25, -0.2) is 0 Å². The van der Waals surface area contributed by atoms with Crippen LogP contribution in [0.15, 0.2) is 54.6 Å². The first-order chi connectivity index (χ1) is 9.96. The molecule has 0 amide bonds. The number of benzene rings is 2. The van der Waals surface area contributed by atoms with E-state index in [9.17, 15) is 9.90 Å². The van der Waals surface area contributed by atoms with Crippen molar-refractivity contribution in [2.24, 2.45) is 5.41 Å². The zero-order valence-corrected chi connectivity index (χ0v) is 12.5. The Hall–Kier alpha value is -2.13. The fourth-order valence-electron chi connectivity index (χ4n) is 2.29. The maximum atomic E-state index is 12.6. The number of carbonyl (C=O) groups excluding carboxylic acids is 1. The summed E-state index contributed by atoms with van der Waals surface area (Å²) in [6, 6.07) is 16.2. The van der Waals surface area contributed by atoms with E-state index in [2.05, 4.69) is 0 Å². The van der Waals surface area contributed by atoms with Crippen LogP contribution in [0.2, 0.25) is 0 Å². The van der Waals surface area contributed by atoms with Gasteiger partial charge in [-0.3, -0.25) is 4.79 Å². The Morgan fingerprint density at radius 1 is 1.05 bits per heavy atom. The SMILES string of the molecule is COc1ccc(C(O)C(C)(C)C(=O)c2ccccc2)cc1. The predicted octanol–water partition coefficient (Wildman–Crippen LogP) is 3.64. The summed E-state index contributed by atoms with van der Waals surface area (Å²) in [6.07, 6.45) is -0.879. The van der Waals surface area contributed by atoms with Crippen LogP contribution in [-0.4, -0.2) is 18.0 Å². The van der Waals surface area contributed by atoms with Gasteiger partial charge in [0.1, 0.15) is 5.75 Å². The Morgan fingerprint density at radius 2 is 1.62 bits per heavy atom. The lowest BCUT2D eigenvalue weighted by atomic mass is 9.76. The molecule has 110 valence electrons. The minimum Gasteiger partial charge on any atom is -0.497 e. The first-order valence-electron chi connectivity index (χ1n) is 6.88. The number of ketones is 1. The van der Waals surface area contributed by atoms with E-state index in [0.717, 1.165) is 5.75 Å². The van der Waals surface area contributed by atoms with E-state index in [4.69, 9.17) is 4.74 Å². The molecule has 2 aromatic carbocycles. The van der Waals surface area contributed by atoms with Gasteiger partial charge in [0.2, 0.25) is 0 Å². The van der Waals surface area contributed by atoms with Crippen molar-refractivity contribution < 1.29 is 14.6 Å². The molecule has 21 heavy (non-hydrogen) atoms. The fraction of sp³-hybridized carbons (Fsp3) is 0.278. The molecule has 2 aromatic rings. The second-order valence-corrected chi connectivity index (χ2v) is 5.59. The first kappa shape index (κ1) is 15.3. The highest BCUT2D eigenvalue weighted by atomic mass is 16.5. The number of hydrogen-bond acceptors (Lipinski definition) is 3. The molecular weight excluding hydrogens is 264 g/mol. The molecule has 2 rings (SSSR count). The average Bonchev–Trinajstić information content (AvgIpc) is 2.54. The van der Waals surface area contributed by atoms with Crippen molar-refractivity contribution in [2.75, 3.05) is 7.11 Å². The Kier molecular flexibility index (Phi) is 4.43. The van der Waals surface area contributed by atoms with Gasteiger partial charge in [-0.1, -0.05) is 42.5 Å². The van der Waals surface area contributed by atoms with E-state index in [1.807, 2.05) is 18.2 Å². The standard InChI is InChI=1S/C18H20O3/c1-18(2,16(19)13-7-5-4-6-8-13)17(20)14-9-11-15(21-3)12-10-14/h4-12,17,20H,1-3H3. The van der Waals surface area contributed by atoms with Gasteiger partial charge >= 0.3 is 0 Å². The normalized spacial score (nSPS) is 12.8. The third kappa shape index (κ3) is 3.14. The van der Waals surface area contributed by atoms with Gasteiger partial charge in [-0.2, -0.15) is 0 Å². The summed E-state index contributed by atoms with van der Waals surface area (Å²) in [5, 5.41) is 10.6. The van der Waals surface area contributed by atoms with E-state index in [-0.39, 0.29) is 5.78 Å². The quantitative estimate of drug-likeness (QED) is 0.853. The van der Waals surface area contributed by atoms with Crippen molar-refractivity contribution in [3.63, 3.8) is 0 Å². The maximum absolute atomic E-state index is 12.6. The highest BCUT2D eigenvalue weighted by Crippen LogP contribution is 2.36. The van der Waals surface area contributed by atoms with Crippen molar-refractivity contribution in [1.29, 1.82) is 0 Å². The molecular formula is C18H20O3. The van der Waals surface area contributed by atoms with E-state index in [1.54, 1.807) is 57.4 Å². The summed E-state index contributed by atoms with van der Waals surface area (Å²) in [4.78, 5) is 12.6. The molecule has 3 nitrogen and oxygen atoms in total. The monoisotopic (exact) mass is 284 g/mol. The molecule has 1 N–H and O–H groups in total. The Morgan fingerprint density at radius 3 is 2.14 bits per heavy atom. The van der Waals surface area contributed by atoms with Gasteiger partial charge in [0, 0.05) is 5.56 Å². The van der Waals surface area contributed by atoms with Crippen molar-refractivity contribution >= 4 is 5.78 Å². The van der Waals surface area contributed by atoms with Crippen molar-refractivity contribution in [3.05, 3.63) is 65.7 Å². The number of ether oxygens (including phenoxy) is 1. The van der Waals surface area contributed by atoms with Crippen molar-refractivity contribution in [1.82, 2.24) is 0 Å². The van der Waals surface area contributed by atoms with Gasteiger partial charge < -0.3 is 9.84 Å². The third-order valence-electron chi connectivity index (χ3n) is 3.74. The molecule has 0 saturated heterocycles. The van der Waals surface area contributed by atoms with Gasteiger partial charge in [0.05, 0.1) is 18.6 Å². The van der Waals surface area contributed by atoms with Crippen LogP contribution in [-0.2, 0) is 0 Å². The van der Waals surface area contributed by atoms with E-state index < -0.39 is 11.5 Å². The molecule has 0 spiro atoms. The van der Waals surface area contributed by atoms with Crippen LogP contribution in [0.4, 0.5) is 0 Å². The molecule has 0 fully saturated rings. The molecule has 0 aliphatic heterocycles. The highest BCUT2D eigenvalue weighted by molar-refractivity contribution is 6.00. The second kappa shape index (κ2) is 6.10. The fourth-order valence-corrected chi connectivity index (χ4v) is 2.29. The number of methoxy groups -OCH3 is 1. The van der Waals surface area contributed by atoms with Crippen LogP contribution in [0.5, 0.6) is 5.75 Å². The second-order valence-electron chi connectivity index (χ2n) is 5.59. The smallest absolute Gasteiger partial charge is 0.171 e. The van der Waals surface area contributed by atoms with Crippen LogP contribution in [0.1, 0.15) is 35.9 Å². The molecule has 0 aromatic heterocycles. The Labute approximate surface area is 125 Å². The van der Waals surface area contributed by atoms with E-state index in [1.165, 1.54) is 0 Å². The lowest BCUT2D eigenvalue weighted by Crippen LogP contribution is -2.31. The van der Waals surface area contributed by atoms with Crippen molar-refractivity contribution in [3.8, 4) is 5.75 Å². The first-order valence-corrected chi connectivity index (χ1v) is 6.88. The largest absolute Gasteiger partial charge is 0.497 e. The summed E-state index contributed by atoms with van der Waals surface area (Å²) in [5.41, 5.74) is 0.399. The summed E-state index contributed by atoms with van der Waals surface area (Å²) >= 11 is 0. The predicted molar refractivity (Wildman–Crippen MR) is 82.5 cm³/mol. The molecule has 0 radical (unpaired) electrons. The Balaban J connectivity index is 2.27. The number of carbonyl (C=O) groups is 1. The zero-order chi connectivity index (χ0) is 15.5. The number of aliphatic hydroxyl groups excluding tert-OH is 1. The average molecular weight is 284 g/mol. The molecule has 0 aliphatic rings. The molecule has 1 atom stereocenters. The molecule has 0 heterocycles. The molecule has 0 saturated carbocycles. The molecule has 0 aliphatic carbocycles. The van der Waals surface area contributed by atoms with Gasteiger partial charge in [-0.05, 0) is 31.5 Å². The van der Waals surface area contributed by atoms with Crippen LogP contribution < -0.4 is 4.74 Å². The van der Waals surface area contributed by atoms with Crippen molar-refractivity contribution in [2.45, 2.75) is 20.0 Å². The minimum absolute atomic E-state index is 0.0774. The molecule has 0 bridgehead atoms. The minimum atomic E-state index is -0.907. The number of hydrogen-bond donors (Lipinski definition) is 1. The summed E-state index contributed by atoms with van der Waals surface area (Å²) in [5.74, 6) is 0.643. The number of aliphatic hydroxyl groups is 1. The zero-order valence-electron chi connectivity index (χ0n) is 12.5. The summed E-state index contributed by atoms with van der Waals surface area (Å²) in [6.45, 7) is 3.52. The highest BCUT2D eigenvalue weighted by Gasteiger charge is 2.37. The van der Waals surface area contributed by atoms with Crippen LogP contribution in [0.3, 0.4) is 0 Å². The number of rotatable bonds is 5. The van der Waals surface area contributed by atoms with E-state index in [0.29, 0.717) is 11.1 Å². The third-order valence-corrected chi connectivity index (χ3v) is 3.74. The maximum Gasteiger partial charge on any atom is 0.171 e. The van der Waals surface area contributed by atoms with Gasteiger partial charge in [0.25, 0.3) is 0 Å². The van der Waals surface area contributed by atoms with Crippen LogP contribution in [0, 0.1) is 5.41 Å². The topological polar surface area (TPSA) is 46.5 Å². The summed E-state index contributed by atoms with van der Waals surface area (Å²) < 4.78 is 5.10. The van der Waals surface area contributed by atoms with Crippen LogP contribution in [0.25, 0.3) is 0 Å². The lowest BCUT2D eigenvalue weighted by molar-refractivity contribution is 0.0388. The van der Waals surface area contributed by atoms with Gasteiger partial charge in [0.15, 0.2) is 5.78 Å². The Bertz CT molecular complexity index is 600. The van der Waals surface area contributed by atoms with Crippen LogP contribution >= 0.6 is 0 Å². The van der Waals surface area contributed by atoms with E-state index >= 15 is 0 Å². The summed E-state index contributed by atoms with van der Waals surface area (Å²) in [7, 11) is 1.59. The number of Topliss-reactive ketones (excluding diaryl/α,β-unsaturated/α-hetero) is 1.